The van der Waals surface area contributed by atoms with Crippen molar-refractivity contribution in [2.45, 2.75) is 23.8 Å². The van der Waals surface area contributed by atoms with E-state index in [9.17, 15) is 18.9 Å². The van der Waals surface area contributed by atoms with Crippen LogP contribution < -0.4 is 0 Å². The van der Waals surface area contributed by atoms with Gasteiger partial charge in [-0.25, -0.2) is 0 Å². The third-order valence-electron chi connectivity index (χ3n) is 2.96. The summed E-state index contributed by atoms with van der Waals surface area (Å²) in [6.45, 7) is 1.50. The second-order valence-corrected chi connectivity index (χ2v) is 6.65. The maximum atomic E-state index is 12.3. The lowest BCUT2D eigenvalue weighted by Gasteiger charge is -2.20. The zero-order chi connectivity index (χ0) is 15.3. The van der Waals surface area contributed by atoms with E-state index in [-0.39, 0.29) is 12.3 Å². The Labute approximate surface area is 121 Å². The molecule has 0 saturated carbocycles. The van der Waals surface area contributed by atoms with Crippen molar-refractivity contribution >= 4 is 22.7 Å². The van der Waals surface area contributed by atoms with E-state index in [1.54, 1.807) is 38.4 Å². The second kappa shape index (κ2) is 7.19. The van der Waals surface area contributed by atoms with Crippen LogP contribution >= 0.6 is 0 Å². The number of nitrogens with zero attached hydrogens (tertiary/aromatic N) is 1. The molecule has 3 unspecified atom stereocenters. The first-order chi connectivity index (χ1) is 9.34. The molecule has 1 aromatic carbocycles. The van der Waals surface area contributed by atoms with E-state index in [1.165, 1.54) is 11.8 Å². The highest BCUT2D eigenvalue weighted by Crippen LogP contribution is 2.13. The summed E-state index contributed by atoms with van der Waals surface area (Å²) in [5, 5.41) is 7.33. The number of carboxylic acid groups (broad SMARTS) is 1. The van der Waals surface area contributed by atoms with Crippen LogP contribution in [0.25, 0.3) is 0 Å². The number of carboxylic acids is 1. The fraction of sp³-hybridized carbons (Fsp3) is 0.429. The topological polar surface area (TPSA) is 74.7 Å². The maximum Gasteiger partial charge on any atom is 0.319 e. The van der Waals surface area contributed by atoms with E-state index in [0.29, 0.717) is 0 Å². The van der Waals surface area contributed by atoms with Crippen LogP contribution in [0.2, 0.25) is 0 Å². The summed E-state index contributed by atoms with van der Waals surface area (Å²) in [6, 6.07) is 8.99. The van der Waals surface area contributed by atoms with Crippen molar-refractivity contribution in [1.82, 2.24) is 4.90 Å². The molecule has 0 aromatic heterocycles. The van der Waals surface area contributed by atoms with Crippen molar-refractivity contribution in [3.8, 4) is 0 Å². The molecule has 0 radical (unpaired) electrons. The summed E-state index contributed by atoms with van der Waals surface area (Å²) >= 11 is 0. The first kappa shape index (κ1) is 16.4. The molecule has 1 N–H and O–H groups in total. The molecule has 0 heterocycles. The summed E-state index contributed by atoms with van der Waals surface area (Å²) in [6.07, 6.45) is 0.147. The molecule has 0 spiro atoms. The van der Waals surface area contributed by atoms with Gasteiger partial charge in [0.05, 0.1) is 0 Å². The molecule has 0 fully saturated rings. The molecule has 110 valence electrons. The molecule has 1 rings (SSSR count). The highest BCUT2D eigenvalue weighted by molar-refractivity contribution is 7.87. The van der Waals surface area contributed by atoms with Crippen molar-refractivity contribution in [2.75, 3.05) is 14.1 Å². The highest BCUT2D eigenvalue weighted by atomic mass is 32.2. The number of rotatable bonds is 6. The zero-order valence-corrected chi connectivity index (χ0v) is 12.6. The molecule has 1 amide bonds. The van der Waals surface area contributed by atoms with Crippen molar-refractivity contribution in [3.63, 3.8) is 0 Å². The van der Waals surface area contributed by atoms with Gasteiger partial charge in [0.15, 0.2) is 0 Å². The Bertz CT molecular complexity index is 501. The average Bonchev–Trinajstić information content (AvgIpc) is 2.43. The van der Waals surface area contributed by atoms with Gasteiger partial charge in [-0.15, -0.1) is 0 Å². The Kier molecular flexibility index (Phi) is 5.88. The fourth-order valence-corrected chi connectivity index (χ4v) is 3.26. The van der Waals surface area contributed by atoms with E-state index in [0.717, 1.165) is 5.56 Å². The molecule has 3 atom stereocenters. The van der Waals surface area contributed by atoms with E-state index in [2.05, 4.69) is 0 Å². The molecule has 5 nitrogen and oxygen atoms in total. The molecular formula is C14H19NO4S. The number of carbonyl (C=O) groups excluding carboxylic acids is 1. The number of amides is 1. The Morgan fingerprint density at radius 2 is 1.80 bits per heavy atom. The number of benzene rings is 1. The number of carbonyl (C=O) groups is 2. The molecule has 0 aliphatic carbocycles. The zero-order valence-electron chi connectivity index (χ0n) is 11.8. The molecular weight excluding hydrogens is 278 g/mol. The van der Waals surface area contributed by atoms with Gasteiger partial charge in [0, 0.05) is 24.9 Å². The summed E-state index contributed by atoms with van der Waals surface area (Å²) in [7, 11) is 1.34. The Hall–Kier alpha value is -1.69. The van der Waals surface area contributed by atoms with Gasteiger partial charge in [0.2, 0.25) is 5.91 Å². The van der Waals surface area contributed by atoms with Crippen LogP contribution in [-0.4, -0.2) is 50.7 Å². The quantitative estimate of drug-likeness (QED) is 0.847. The Morgan fingerprint density at radius 1 is 1.25 bits per heavy atom. The first-order valence-corrected chi connectivity index (χ1v) is 7.49. The summed E-state index contributed by atoms with van der Waals surface area (Å²) in [5.41, 5.74) is 0.790. The number of hydrogen-bond acceptors (Lipinski definition) is 3. The molecule has 0 aliphatic rings. The first-order valence-electron chi connectivity index (χ1n) is 6.22. The van der Waals surface area contributed by atoms with E-state index < -0.39 is 27.3 Å². The number of aliphatic carboxylic acids is 1. The van der Waals surface area contributed by atoms with Crippen molar-refractivity contribution in [3.05, 3.63) is 35.9 Å². The second-order valence-electron chi connectivity index (χ2n) is 4.72. The maximum absolute atomic E-state index is 12.3. The van der Waals surface area contributed by atoms with Crippen LogP contribution in [0.15, 0.2) is 30.3 Å². The lowest BCUT2D eigenvalue weighted by atomic mass is 10.1. The summed E-state index contributed by atoms with van der Waals surface area (Å²) in [5.74, 6) is -1.48. The van der Waals surface area contributed by atoms with Crippen LogP contribution in [0, 0.1) is 0 Å². The van der Waals surface area contributed by atoms with Gasteiger partial charge in [0.25, 0.3) is 0 Å². The van der Waals surface area contributed by atoms with Gasteiger partial charge in [-0.3, -0.25) is 13.8 Å². The van der Waals surface area contributed by atoms with E-state index >= 15 is 0 Å². The van der Waals surface area contributed by atoms with Gasteiger partial charge in [-0.2, -0.15) is 0 Å². The van der Waals surface area contributed by atoms with Crippen LogP contribution in [-0.2, 0) is 26.8 Å². The van der Waals surface area contributed by atoms with Gasteiger partial charge >= 0.3 is 5.97 Å². The minimum atomic E-state index is -1.77. The van der Waals surface area contributed by atoms with Gasteiger partial charge in [-0.05, 0) is 18.9 Å². The predicted molar refractivity (Wildman–Crippen MR) is 77.9 cm³/mol. The normalized spacial score (nSPS) is 15.2. The Balaban J connectivity index is 2.89. The number of hydrogen-bond donors (Lipinski definition) is 1. The standard InChI is InChI=1S/C14H19NO4S/c1-10(13(16)15(2)3)20(19)12(14(17)18)9-11-7-5-4-6-8-11/h4-8,10,12H,9H2,1-3H3,(H,17,18). The fourth-order valence-electron chi connectivity index (χ4n) is 1.81. The molecule has 20 heavy (non-hydrogen) atoms. The molecule has 0 saturated heterocycles. The van der Waals surface area contributed by atoms with Crippen molar-refractivity contribution in [2.24, 2.45) is 0 Å². The van der Waals surface area contributed by atoms with Crippen molar-refractivity contribution in [1.29, 1.82) is 0 Å². The molecule has 0 bridgehead atoms. The average molecular weight is 297 g/mol. The smallest absolute Gasteiger partial charge is 0.319 e. The van der Waals surface area contributed by atoms with Crippen LogP contribution in [0.4, 0.5) is 0 Å². The lowest BCUT2D eigenvalue weighted by Crippen LogP contribution is -2.41. The predicted octanol–water partition coefficient (Wildman–Crippen LogP) is 0.908. The third-order valence-corrected chi connectivity index (χ3v) is 4.78. The van der Waals surface area contributed by atoms with E-state index in [1.807, 2.05) is 6.07 Å². The largest absolute Gasteiger partial charge is 0.480 e. The van der Waals surface area contributed by atoms with Crippen LogP contribution in [0.3, 0.4) is 0 Å². The summed E-state index contributed by atoms with van der Waals surface area (Å²) < 4.78 is 12.3. The lowest BCUT2D eigenvalue weighted by molar-refractivity contribution is -0.136. The van der Waals surface area contributed by atoms with Gasteiger partial charge < -0.3 is 10.0 Å². The van der Waals surface area contributed by atoms with Gasteiger partial charge in [0.1, 0.15) is 10.5 Å². The monoisotopic (exact) mass is 297 g/mol. The summed E-state index contributed by atoms with van der Waals surface area (Å²) in [4.78, 5) is 24.5. The Morgan fingerprint density at radius 3 is 2.25 bits per heavy atom. The van der Waals surface area contributed by atoms with Crippen LogP contribution in [0.5, 0.6) is 0 Å². The van der Waals surface area contributed by atoms with Crippen molar-refractivity contribution < 1.29 is 18.9 Å². The third kappa shape index (κ3) is 4.16. The molecule has 6 heteroatoms. The van der Waals surface area contributed by atoms with Crippen LogP contribution in [0.1, 0.15) is 12.5 Å². The SMILES string of the molecule is CC(C(=O)N(C)C)S(=O)C(Cc1ccccc1)C(=O)O. The van der Waals surface area contributed by atoms with Gasteiger partial charge in [-0.1, -0.05) is 30.3 Å². The highest BCUT2D eigenvalue weighted by Gasteiger charge is 2.32. The van der Waals surface area contributed by atoms with E-state index in [4.69, 9.17) is 0 Å². The molecule has 1 aromatic rings. The minimum Gasteiger partial charge on any atom is -0.480 e. The minimum absolute atomic E-state index is 0.147. The molecule has 0 aliphatic heterocycles.